The fraction of sp³-hybridized carbons (Fsp3) is 1.00. The van der Waals surface area contributed by atoms with E-state index in [1.165, 1.54) is 0 Å². The van der Waals surface area contributed by atoms with E-state index in [0.717, 1.165) is 0 Å². The van der Waals surface area contributed by atoms with Gasteiger partial charge in [0.05, 0.1) is 11.0 Å². The average molecular weight is 207 g/mol. The zero-order chi connectivity index (χ0) is 10.6. The van der Waals surface area contributed by atoms with Crippen molar-refractivity contribution in [1.29, 1.82) is 0 Å². The topological polar surface area (TPSA) is 60.2 Å². The molecule has 0 saturated heterocycles. The molecule has 0 aromatic heterocycles. The Bertz CT molecular complexity index is 232. The Balaban J connectivity index is 4.24. The molecule has 0 aromatic carbocycles. The minimum absolute atomic E-state index is 0.0332. The van der Waals surface area contributed by atoms with Crippen LogP contribution >= 0.6 is 0 Å². The van der Waals surface area contributed by atoms with E-state index in [4.69, 9.17) is 5.73 Å². The minimum atomic E-state index is -2.93. The summed E-state index contributed by atoms with van der Waals surface area (Å²) < 4.78 is 23.2. The molecule has 0 heterocycles. The van der Waals surface area contributed by atoms with E-state index in [1.807, 2.05) is 20.8 Å². The lowest BCUT2D eigenvalue weighted by atomic mass is 10.2. The maximum Gasteiger partial charge on any atom is 0.153 e. The molecule has 0 aliphatic carbocycles. The second-order valence-corrected chi connectivity index (χ2v) is 6.56. The summed E-state index contributed by atoms with van der Waals surface area (Å²) >= 11 is 0. The highest BCUT2D eigenvalue weighted by Crippen LogP contribution is 2.13. The monoisotopic (exact) mass is 207 g/mol. The number of hydrogen-bond acceptors (Lipinski definition) is 3. The minimum Gasteiger partial charge on any atom is -0.328 e. The van der Waals surface area contributed by atoms with Crippen LogP contribution in [0.25, 0.3) is 0 Å². The maximum atomic E-state index is 11.6. The van der Waals surface area contributed by atoms with Gasteiger partial charge in [-0.25, -0.2) is 8.42 Å². The molecule has 0 aliphatic rings. The van der Waals surface area contributed by atoms with Gasteiger partial charge in [0.1, 0.15) is 0 Å². The molecule has 0 aliphatic heterocycles. The highest BCUT2D eigenvalue weighted by molar-refractivity contribution is 7.92. The second kappa shape index (κ2) is 4.96. The predicted molar refractivity (Wildman–Crippen MR) is 56.4 cm³/mol. The maximum absolute atomic E-state index is 11.6. The largest absolute Gasteiger partial charge is 0.328 e. The molecule has 0 bridgehead atoms. The van der Waals surface area contributed by atoms with Gasteiger partial charge in [-0.2, -0.15) is 0 Å². The number of nitrogens with two attached hydrogens (primary N) is 1. The molecule has 0 aromatic rings. The number of sulfone groups is 1. The molecule has 0 amide bonds. The standard InChI is InChI=1S/C9H21NO2S/c1-7(2)9(4)13(11,12)6-5-8(3)10/h7-9H,5-6,10H2,1-4H3. The Morgan fingerprint density at radius 3 is 1.92 bits per heavy atom. The lowest BCUT2D eigenvalue weighted by Gasteiger charge is -2.16. The van der Waals surface area contributed by atoms with Crippen molar-refractivity contribution in [3.63, 3.8) is 0 Å². The molecule has 2 N–H and O–H groups in total. The highest BCUT2D eigenvalue weighted by atomic mass is 32.2. The molecule has 0 rings (SSSR count). The van der Waals surface area contributed by atoms with E-state index in [-0.39, 0.29) is 23.0 Å². The van der Waals surface area contributed by atoms with Gasteiger partial charge in [-0.3, -0.25) is 0 Å². The molecule has 13 heavy (non-hydrogen) atoms. The van der Waals surface area contributed by atoms with Crippen LogP contribution in [0.4, 0.5) is 0 Å². The van der Waals surface area contributed by atoms with Crippen molar-refractivity contribution in [3.05, 3.63) is 0 Å². The number of rotatable bonds is 5. The summed E-state index contributed by atoms with van der Waals surface area (Å²) in [5, 5.41) is -0.258. The van der Waals surface area contributed by atoms with Crippen LogP contribution in [0.1, 0.15) is 34.1 Å². The summed E-state index contributed by atoms with van der Waals surface area (Å²) in [5.41, 5.74) is 5.51. The Hall–Kier alpha value is -0.0900. The molecule has 0 radical (unpaired) electrons. The zero-order valence-corrected chi connectivity index (χ0v) is 9.76. The SMILES string of the molecule is CC(N)CCS(=O)(=O)C(C)C(C)C. The first kappa shape index (κ1) is 12.9. The van der Waals surface area contributed by atoms with Crippen molar-refractivity contribution in [2.45, 2.75) is 45.4 Å². The van der Waals surface area contributed by atoms with E-state index >= 15 is 0 Å². The van der Waals surface area contributed by atoms with Crippen molar-refractivity contribution in [3.8, 4) is 0 Å². The van der Waals surface area contributed by atoms with Gasteiger partial charge in [-0.1, -0.05) is 13.8 Å². The quantitative estimate of drug-likeness (QED) is 0.736. The third-order valence-electron chi connectivity index (χ3n) is 2.36. The van der Waals surface area contributed by atoms with Gasteiger partial charge >= 0.3 is 0 Å². The van der Waals surface area contributed by atoms with Crippen LogP contribution in [-0.2, 0) is 9.84 Å². The fourth-order valence-electron chi connectivity index (χ4n) is 0.951. The normalized spacial score (nSPS) is 17.4. The van der Waals surface area contributed by atoms with Gasteiger partial charge in [-0.15, -0.1) is 0 Å². The summed E-state index contributed by atoms with van der Waals surface area (Å²) in [6.45, 7) is 7.44. The zero-order valence-electron chi connectivity index (χ0n) is 8.95. The van der Waals surface area contributed by atoms with Gasteiger partial charge < -0.3 is 5.73 Å². The van der Waals surface area contributed by atoms with Gasteiger partial charge in [0, 0.05) is 6.04 Å². The lowest BCUT2D eigenvalue weighted by molar-refractivity contribution is 0.540. The third kappa shape index (κ3) is 4.62. The average Bonchev–Trinajstić information content (AvgIpc) is 1.99. The molecule has 3 nitrogen and oxygen atoms in total. The summed E-state index contributed by atoms with van der Waals surface area (Å²) in [7, 11) is -2.93. The summed E-state index contributed by atoms with van der Waals surface area (Å²) in [4.78, 5) is 0. The van der Waals surface area contributed by atoms with Gasteiger partial charge in [-0.05, 0) is 26.2 Å². The van der Waals surface area contributed by atoms with E-state index < -0.39 is 9.84 Å². The van der Waals surface area contributed by atoms with Crippen LogP contribution in [-0.4, -0.2) is 25.5 Å². The van der Waals surface area contributed by atoms with Crippen molar-refractivity contribution >= 4 is 9.84 Å². The molecular weight excluding hydrogens is 186 g/mol. The van der Waals surface area contributed by atoms with E-state index in [1.54, 1.807) is 6.92 Å². The van der Waals surface area contributed by atoms with Gasteiger partial charge in [0.25, 0.3) is 0 Å². The summed E-state index contributed by atoms with van der Waals surface area (Å²) in [6.07, 6.45) is 0.555. The van der Waals surface area contributed by atoms with E-state index in [2.05, 4.69) is 0 Å². The molecule has 0 saturated carbocycles. The molecule has 80 valence electrons. The first-order valence-corrected chi connectivity index (χ1v) is 6.46. The van der Waals surface area contributed by atoms with Gasteiger partial charge in [0.15, 0.2) is 9.84 Å². The Morgan fingerprint density at radius 1 is 1.15 bits per heavy atom. The second-order valence-electron chi connectivity index (χ2n) is 4.08. The van der Waals surface area contributed by atoms with Crippen LogP contribution in [0.2, 0.25) is 0 Å². The van der Waals surface area contributed by atoms with Crippen molar-refractivity contribution in [2.24, 2.45) is 11.7 Å². The van der Waals surface area contributed by atoms with Crippen molar-refractivity contribution in [2.75, 3.05) is 5.75 Å². The smallest absolute Gasteiger partial charge is 0.153 e. The first-order chi connectivity index (χ1) is 5.77. The first-order valence-electron chi connectivity index (χ1n) is 4.74. The Kier molecular flexibility index (Phi) is 4.92. The van der Waals surface area contributed by atoms with Crippen LogP contribution in [0.15, 0.2) is 0 Å². The van der Waals surface area contributed by atoms with Crippen LogP contribution in [0.5, 0.6) is 0 Å². The van der Waals surface area contributed by atoms with Crippen molar-refractivity contribution < 1.29 is 8.42 Å². The fourth-order valence-corrected chi connectivity index (χ4v) is 2.85. The molecule has 4 heteroatoms. The summed E-state index contributed by atoms with van der Waals surface area (Å²) in [6, 6.07) is -0.0332. The lowest BCUT2D eigenvalue weighted by Crippen LogP contribution is -2.29. The van der Waals surface area contributed by atoms with Crippen LogP contribution in [0, 0.1) is 5.92 Å². The third-order valence-corrected chi connectivity index (χ3v) is 4.84. The van der Waals surface area contributed by atoms with Gasteiger partial charge in [0.2, 0.25) is 0 Å². The molecule has 0 spiro atoms. The summed E-state index contributed by atoms with van der Waals surface area (Å²) in [5.74, 6) is 0.391. The Labute approximate surface area is 81.6 Å². The Morgan fingerprint density at radius 2 is 1.62 bits per heavy atom. The predicted octanol–water partition coefficient (Wildman–Crippen LogP) is 1.18. The molecular formula is C9H21NO2S. The van der Waals surface area contributed by atoms with Crippen LogP contribution in [0.3, 0.4) is 0 Å². The molecule has 2 unspecified atom stereocenters. The van der Waals surface area contributed by atoms with E-state index in [9.17, 15) is 8.42 Å². The highest BCUT2D eigenvalue weighted by Gasteiger charge is 2.23. The molecule has 2 atom stereocenters. The molecule has 0 fully saturated rings. The number of hydrogen-bond donors (Lipinski definition) is 1. The van der Waals surface area contributed by atoms with Crippen molar-refractivity contribution in [1.82, 2.24) is 0 Å². The van der Waals surface area contributed by atoms with Crippen LogP contribution < -0.4 is 5.73 Å². The van der Waals surface area contributed by atoms with E-state index in [0.29, 0.717) is 6.42 Å².